The molecule has 0 heterocycles. The van der Waals surface area contributed by atoms with Gasteiger partial charge in [0.1, 0.15) is 0 Å². The molecule has 4 heteroatoms. The van der Waals surface area contributed by atoms with Crippen molar-refractivity contribution in [2.24, 2.45) is 10.7 Å². The molecule has 0 saturated heterocycles. The average Bonchev–Trinajstić information content (AvgIpc) is 2.89. The number of amidine groups is 1. The van der Waals surface area contributed by atoms with Crippen molar-refractivity contribution in [3.05, 3.63) is 11.5 Å². The van der Waals surface area contributed by atoms with E-state index in [0.717, 1.165) is 18.5 Å². The van der Waals surface area contributed by atoms with E-state index < -0.39 is 0 Å². The lowest BCUT2D eigenvalue weighted by Crippen LogP contribution is -2.21. The molecule has 0 aromatic heterocycles. The second-order valence-electron chi connectivity index (χ2n) is 3.15. The fourth-order valence-electron chi connectivity index (χ4n) is 1.02. The Balaban J connectivity index is 2.75. The lowest BCUT2D eigenvalue weighted by atomic mass is 10.3. The minimum atomic E-state index is 0.426. The van der Waals surface area contributed by atoms with E-state index in [1.807, 2.05) is 14.0 Å². The summed E-state index contributed by atoms with van der Waals surface area (Å²) in [5, 5.41) is 2.98. The first-order valence-corrected chi connectivity index (χ1v) is 4.45. The van der Waals surface area contributed by atoms with Gasteiger partial charge in [0.25, 0.3) is 0 Å². The van der Waals surface area contributed by atoms with Gasteiger partial charge in [-0.05, 0) is 19.8 Å². The number of hydrogen-bond acceptors (Lipinski definition) is 3. The van der Waals surface area contributed by atoms with Crippen LogP contribution in [-0.4, -0.2) is 26.0 Å². The number of methoxy groups -OCH3 is 1. The lowest BCUT2D eigenvalue weighted by molar-refractivity contribution is 0.307. The van der Waals surface area contributed by atoms with Gasteiger partial charge in [-0.1, -0.05) is 0 Å². The van der Waals surface area contributed by atoms with Crippen molar-refractivity contribution in [2.45, 2.75) is 25.8 Å². The lowest BCUT2D eigenvalue weighted by Gasteiger charge is -2.09. The Morgan fingerprint density at radius 2 is 2.15 bits per heavy atom. The number of rotatable bonds is 4. The van der Waals surface area contributed by atoms with Crippen LogP contribution in [0, 0.1) is 0 Å². The van der Waals surface area contributed by atoms with E-state index in [2.05, 4.69) is 10.3 Å². The summed E-state index contributed by atoms with van der Waals surface area (Å²) in [4.78, 5) is 4.30. The van der Waals surface area contributed by atoms with E-state index in [4.69, 9.17) is 10.5 Å². The standard InChI is InChI=1S/C9H17N3O/c1-6(11-2)8(13-3)9(10)12-7-4-5-7/h7,11H,4-5H2,1-3H3,(H2,10,12)/b8-6+. The molecule has 0 radical (unpaired) electrons. The number of aliphatic imine (C=N–C) groups is 1. The molecule has 0 aromatic carbocycles. The topological polar surface area (TPSA) is 59.6 Å². The summed E-state index contributed by atoms with van der Waals surface area (Å²) < 4.78 is 5.15. The molecule has 0 aliphatic heterocycles. The monoisotopic (exact) mass is 183 g/mol. The third-order valence-corrected chi connectivity index (χ3v) is 2.02. The van der Waals surface area contributed by atoms with E-state index >= 15 is 0 Å². The molecule has 1 aliphatic carbocycles. The summed E-state index contributed by atoms with van der Waals surface area (Å²) in [6.45, 7) is 1.91. The van der Waals surface area contributed by atoms with Crippen molar-refractivity contribution >= 4 is 5.84 Å². The Morgan fingerprint density at radius 3 is 2.54 bits per heavy atom. The molecule has 1 aliphatic rings. The molecule has 0 amide bonds. The first kappa shape index (κ1) is 9.89. The van der Waals surface area contributed by atoms with Crippen molar-refractivity contribution in [1.82, 2.24) is 5.32 Å². The molecule has 1 fully saturated rings. The van der Waals surface area contributed by atoms with Crippen LogP contribution in [0.15, 0.2) is 16.4 Å². The van der Waals surface area contributed by atoms with Crippen LogP contribution >= 0.6 is 0 Å². The number of nitrogens with one attached hydrogen (secondary N) is 1. The van der Waals surface area contributed by atoms with Crippen LogP contribution in [-0.2, 0) is 4.74 Å². The zero-order chi connectivity index (χ0) is 9.84. The quantitative estimate of drug-likeness (QED) is 0.381. The maximum absolute atomic E-state index is 5.77. The van der Waals surface area contributed by atoms with Crippen LogP contribution in [0.5, 0.6) is 0 Å². The molecule has 4 nitrogen and oxygen atoms in total. The van der Waals surface area contributed by atoms with Crippen LogP contribution in [0.3, 0.4) is 0 Å². The fraction of sp³-hybridized carbons (Fsp3) is 0.667. The minimum Gasteiger partial charge on any atom is -0.491 e. The van der Waals surface area contributed by atoms with E-state index in [1.165, 1.54) is 0 Å². The Labute approximate surface area is 78.9 Å². The van der Waals surface area contributed by atoms with Gasteiger partial charge in [0.15, 0.2) is 11.6 Å². The molecule has 3 N–H and O–H groups in total. The largest absolute Gasteiger partial charge is 0.491 e. The third kappa shape index (κ3) is 2.65. The van der Waals surface area contributed by atoms with Gasteiger partial charge in [-0.3, -0.25) is 4.99 Å². The first-order chi connectivity index (χ1) is 6.19. The molecule has 1 saturated carbocycles. The predicted molar refractivity (Wildman–Crippen MR) is 53.4 cm³/mol. The zero-order valence-corrected chi connectivity index (χ0v) is 8.42. The second kappa shape index (κ2) is 4.16. The summed E-state index contributed by atoms with van der Waals surface area (Å²) in [6, 6.07) is 0.426. The van der Waals surface area contributed by atoms with E-state index in [0.29, 0.717) is 17.6 Å². The van der Waals surface area contributed by atoms with Crippen molar-refractivity contribution in [3.8, 4) is 0 Å². The van der Waals surface area contributed by atoms with E-state index in [1.54, 1.807) is 7.11 Å². The molecule has 0 atom stereocenters. The first-order valence-electron chi connectivity index (χ1n) is 4.45. The number of allylic oxidation sites excluding steroid dienone is 1. The molecule has 0 bridgehead atoms. The van der Waals surface area contributed by atoms with Crippen molar-refractivity contribution in [3.63, 3.8) is 0 Å². The predicted octanol–water partition coefficient (Wildman–Crippen LogP) is 0.603. The van der Waals surface area contributed by atoms with Gasteiger partial charge in [-0.15, -0.1) is 0 Å². The van der Waals surface area contributed by atoms with Crippen molar-refractivity contribution in [1.29, 1.82) is 0 Å². The van der Waals surface area contributed by atoms with Gasteiger partial charge in [0.2, 0.25) is 0 Å². The number of hydrogen-bond donors (Lipinski definition) is 2. The van der Waals surface area contributed by atoms with Gasteiger partial charge in [-0.2, -0.15) is 0 Å². The average molecular weight is 183 g/mol. The highest BCUT2D eigenvalue weighted by atomic mass is 16.5. The Morgan fingerprint density at radius 1 is 1.54 bits per heavy atom. The minimum absolute atomic E-state index is 0.426. The second-order valence-corrected chi connectivity index (χ2v) is 3.15. The highest BCUT2D eigenvalue weighted by Gasteiger charge is 2.21. The van der Waals surface area contributed by atoms with Gasteiger partial charge < -0.3 is 15.8 Å². The summed E-state index contributed by atoms with van der Waals surface area (Å²) in [5.41, 5.74) is 6.68. The molecule has 0 unspecified atom stereocenters. The van der Waals surface area contributed by atoms with Crippen LogP contribution in [0.1, 0.15) is 19.8 Å². The van der Waals surface area contributed by atoms with Gasteiger partial charge in [-0.25, -0.2) is 0 Å². The molecule has 0 aromatic rings. The van der Waals surface area contributed by atoms with Crippen LogP contribution in [0.25, 0.3) is 0 Å². The summed E-state index contributed by atoms with van der Waals surface area (Å²) in [6.07, 6.45) is 2.30. The Hall–Kier alpha value is -1.19. The summed E-state index contributed by atoms with van der Waals surface area (Å²) >= 11 is 0. The Kier molecular flexibility index (Phi) is 3.17. The molecular formula is C9H17N3O. The molecule has 0 spiro atoms. The Bertz CT molecular complexity index is 241. The SMILES string of the molecule is CN/C(C)=C(/OC)C(N)=NC1CC1. The highest BCUT2D eigenvalue weighted by Crippen LogP contribution is 2.24. The van der Waals surface area contributed by atoms with Crippen LogP contribution in [0.4, 0.5) is 0 Å². The maximum Gasteiger partial charge on any atom is 0.179 e. The molecule has 1 rings (SSSR count). The van der Waals surface area contributed by atoms with E-state index in [-0.39, 0.29) is 0 Å². The molecule has 74 valence electrons. The number of ether oxygens (including phenoxy) is 1. The number of nitrogens with two attached hydrogens (primary N) is 1. The number of nitrogens with zero attached hydrogens (tertiary/aromatic N) is 1. The normalized spacial score (nSPS) is 19.5. The summed E-state index contributed by atoms with van der Waals surface area (Å²) in [5.74, 6) is 1.14. The van der Waals surface area contributed by atoms with Gasteiger partial charge in [0, 0.05) is 7.05 Å². The zero-order valence-electron chi connectivity index (χ0n) is 8.42. The highest BCUT2D eigenvalue weighted by molar-refractivity contribution is 5.95. The molecule has 13 heavy (non-hydrogen) atoms. The summed E-state index contributed by atoms with van der Waals surface area (Å²) in [7, 11) is 3.43. The van der Waals surface area contributed by atoms with Gasteiger partial charge in [0.05, 0.1) is 18.8 Å². The van der Waals surface area contributed by atoms with Crippen LogP contribution < -0.4 is 11.1 Å². The smallest absolute Gasteiger partial charge is 0.179 e. The third-order valence-electron chi connectivity index (χ3n) is 2.02. The van der Waals surface area contributed by atoms with E-state index in [9.17, 15) is 0 Å². The van der Waals surface area contributed by atoms with Gasteiger partial charge >= 0.3 is 0 Å². The van der Waals surface area contributed by atoms with Crippen molar-refractivity contribution in [2.75, 3.05) is 14.2 Å². The fourth-order valence-corrected chi connectivity index (χ4v) is 1.02. The maximum atomic E-state index is 5.77. The molecular weight excluding hydrogens is 166 g/mol. The van der Waals surface area contributed by atoms with Crippen molar-refractivity contribution < 1.29 is 4.74 Å². The van der Waals surface area contributed by atoms with Crippen LogP contribution in [0.2, 0.25) is 0 Å².